The Bertz CT molecular complexity index is 1010. The van der Waals surface area contributed by atoms with Gasteiger partial charge in [0.25, 0.3) is 0 Å². The number of benzene rings is 1. The molecule has 1 aliphatic carbocycles. The molecule has 1 heterocycles. The monoisotopic (exact) mass is 465 g/mol. The number of rotatable bonds is 7. The highest BCUT2D eigenvalue weighted by molar-refractivity contribution is 7.93. The Labute approximate surface area is 188 Å². The number of hydrogen-bond acceptors (Lipinski definition) is 6. The number of esters is 1. The SMILES string of the molecule is C=C/C=C(\C=C)OC(=O)C1(S(=O)(=O)c2ccc(OC)c(Cl)c2)CCC2(CCNCC2)C1. The van der Waals surface area contributed by atoms with Crippen LogP contribution in [0.4, 0.5) is 0 Å². The van der Waals surface area contributed by atoms with Gasteiger partial charge >= 0.3 is 5.97 Å². The van der Waals surface area contributed by atoms with E-state index in [2.05, 4.69) is 18.5 Å². The molecule has 1 saturated carbocycles. The van der Waals surface area contributed by atoms with Gasteiger partial charge in [-0.2, -0.15) is 0 Å². The Morgan fingerprint density at radius 2 is 1.90 bits per heavy atom. The highest BCUT2D eigenvalue weighted by atomic mass is 35.5. The molecule has 1 aliphatic heterocycles. The molecule has 1 aromatic rings. The average Bonchev–Trinajstić information content (AvgIpc) is 3.14. The summed E-state index contributed by atoms with van der Waals surface area (Å²) < 4.78 is 36.8. The largest absolute Gasteiger partial charge is 0.495 e. The Kier molecular flexibility index (Phi) is 6.98. The fourth-order valence-corrected chi connectivity index (χ4v) is 7.07. The third-order valence-electron chi connectivity index (χ3n) is 6.40. The average molecular weight is 466 g/mol. The van der Waals surface area contributed by atoms with E-state index in [1.165, 1.54) is 43.5 Å². The summed E-state index contributed by atoms with van der Waals surface area (Å²) in [4.78, 5) is 13.4. The van der Waals surface area contributed by atoms with E-state index in [1.54, 1.807) is 0 Å². The first-order valence-corrected chi connectivity index (χ1v) is 12.1. The number of methoxy groups -OCH3 is 1. The lowest BCUT2D eigenvalue weighted by atomic mass is 9.77. The van der Waals surface area contributed by atoms with Gasteiger partial charge < -0.3 is 14.8 Å². The maximum Gasteiger partial charge on any atom is 0.333 e. The van der Waals surface area contributed by atoms with Gasteiger partial charge in [-0.15, -0.1) is 0 Å². The zero-order valence-electron chi connectivity index (χ0n) is 17.7. The molecule has 0 radical (unpaired) electrons. The summed E-state index contributed by atoms with van der Waals surface area (Å²) in [5, 5.41) is 3.48. The number of sulfone groups is 1. The summed E-state index contributed by atoms with van der Waals surface area (Å²) >= 11 is 6.21. The van der Waals surface area contributed by atoms with Crippen molar-refractivity contribution in [1.29, 1.82) is 0 Å². The number of ether oxygens (including phenoxy) is 2. The van der Waals surface area contributed by atoms with E-state index in [-0.39, 0.29) is 33.9 Å². The lowest BCUT2D eigenvalue weighted by Crippen LogP contribution is -2.47. The van der Waals surface area contributed by atoms with Crippen LogP contribution in [0.25, 0.3) is 0 Å². The second kappa shape index (κ2) is 9.18. The van der Waals surface area contributed by atoms with Gasteiger partial charge in [-0.25, -0.2) is 13.2 Å². The van der Waals surface area contributed by atoms with Gasteiger partial charge in [0.05, 0.1) is 17.0 Å². The van der Waals surface area contributed by atoms with Gasteiger partial charge in [0.2, 0.25) is 0 Å². The van der Waals surface area contributed by atoms with E-state index in [1.807, 2.05) is 0 Å². The predicted octanol–water partition coefficient (Wildman–Crippen LogP) is 4.21. The molecule has 1 unspecified atom stereocenters. The van der Waals surface area contributed by atoms with Crippen molar-refractivity contribution in [2.75, 3.05) is 20.2 Å². The van der Waals surface area contributed by atoms with Crippen LogP contribution in [0.5, 0.6) is 5.75 Å². The van der Waals surface area contributed by atoms with Crippen LogP contribution >= 0.6 is 11.6 Å². The Morgan fingerprint density at radius 3 is 2.48 bits per heavy atom. The standard InChI is InChI=1S/C23H28ClNO5S/c1-4-6-17(5-2)30-21(26)23(10-9-22(16-23)11-13-25-14-12-22)31(27,28)18-7-8-20(29-3)19(24)15-18/h4-8,15,25H,1-2,9-14,16H2,3H3/b17-6+. The first-order valence-electron chi connectivity index (χ1n) is 10.2. The molecule has 1 atom stereocenters. The molecule has 0 amide bonds. The van der Waals surface area contributed by atoms with E-state index in [4.69, 9.17) is 21.1 Å². The summed E-state index contributed by atoms with van der Waals surface area (Å²) in [7, 11) is -2.66. The van der Waals surface area contributed by atoms with Crippen molar-refractivity contribution in [1.82, 2.24) is 5.32 Å². The highest BCUT2D eigenvalue weighted by Gasteiger charge is 2.61. The van der Waals surface area contributed by atoms with E-state index in [9.17, 15) is 13.2 Å². The minimum atomic E-state index is -4.11. The highest BCUT2D eigenvalue weighted by Crippen LogP contribution is 2.55. The van der Waals surface area contributed by atoms with Crippen LogP contribution in [-0.2, 0) is 19.4 Å². The topological polar surface area (TPSA) is 81.7 Å². The lowest BCUT2D eigenvalue weighted by Gasteiger charge is -2.36. The summed E-state index contributed by atoms with van der Waals surface area (Å²) in [5.41, 5.74) is -0.218. The number of halogens is 1. The molecular weight excluding hydrogens is 438 g/mol. The fourth-order valence-electron chi connectivity index (χ4n) is 4.65. The predicted molar refractivity (Wildman–Crippen MR) is 121 cm³/mol. The van der Waals surface area contributed by atoms with Crippen molar-refractivity contribution in [2.45, 2.75) is 41.7 Å². The van der Waals surface area contributed by atoms with E-state index >= 15 is 0 Å². The maximum atomic E-state index is 13.9. The quantitative estimate of drug-likeness (QED) is 0.369. The first kappa shape index (κ1) is 23.6. The molecule has 2 aliphatic rings. The molecule has 1 N–H and O–H groups in total. The molecule has 168 valence electrons. The molecule has 0 bridgehead atoms. The van der Waals surface area contributed by atoms with Gasteiger partial charge in [0.15, 0.2) is 14.6 Å². The van der Waals surface area contributed by atoms with Crippen LogP contribution in [0.1, 0.15) is 32.1 Å². The zero-order valence-corrected chi connectivity index (χ0v) is 19.2. The number of allylic oxidation sites excluding steroid dienone is 3. The second-order valence-electron chi connectivity index (χ2n) is 8.12. The van der Waals surface area contributed by atoms with Crippen molar-refractivity contribution < 1.29 is 22.7 Å². The molecule has 1 saturated heterocycles. The molecule has 0 aromatic heterocycles. The Hall–Kier alpha value is -2.09. The molecule has 31 heavy (non-hydrogen) atoms. The molecule has 6 nitrogen and oxygen atoms in total. The van der Waals surface area contributed by atoms with Crippen LogP contribution in [-0.4, -0.2) is 39.3 Å². The summed E-state index contributed by atoms with van der Waals surface area (Å²) in [5.74, 6) is -0.266. The summed E-state index contributed by atoms with van der Waals surface area (Å²) in [6.07, 6.45) is 6.97. The van der Waals surface area contributed by atoms with Crippen molar-refractivity contribution in [3.8, 4) is 5.75 Å². The van der Waals surface area contributed by atoms with Gasteiger partial charge in [0, 0.05) is 0 Å². The molecule has 1 spiro atoms. The van der Waals surface area contributed by atoms with Crippen LogP contribution in [0, 0.1) is 5.41 Å². The molecule has 2 fully saturated rings. The van der Waals surface area contributed by atoms with Crippen molar-refractivity contribution in [2.24, 2.45) is 5.41 Å². The van der Waals surface area contributed by atoms with Crippen molar-refractivity contribution in [3.63, 3.8) is 0 Å². The van der Waals surface area contributed by atoms with Crippen molar-refractivity contribution >= 4 is 27.4 Å². The molecule has 1 aromatic carbocycles. The smallest absolute Gasteiger partial charge is 0.333 e. The summed E-state index contributed by atoms with van der Waals surface area (Å²) in [6.45, 7) is 8.83. The minimum absolute atomic E-state index is 0.0194. The van der Waals surface area contributed by atoms with E-state index < -0.39 is 20.6 Å². The number of hydrogen-bond donors (Lipinski definition) is 1. The molecular formula is C23H28ClNO5S. The number of carbonyl (C=O) groups excluding carboxylic acids is 1. The molecule has 3 rings (SSSR count). The maximum absolute atomic E-state index is 13.9. The van der Waals surface area contributed by atoms with E-state index in [0.29, 0.717) is 12.2 Å². The first-order chi connectivity index (χ1) is 14.7. The van der Waals surface area contributed by atoms with Gasteiger partial charge in [-0.05, 0) is 81.0 Å². The van der Waals surface area contributed by atoms with E-state index in [0.717, 1.165) is 25.9 Å². The number of nitrogens with one attached hydrogen (secondary N) is 1. The third kappa shape index (κ3) is 4.31. The third-order valence-corrected chi connectivity index (χ3v) is 9.11. The van der Waals surface area contributed by atoms with Crippen molar-refractivity contribution in [3.05, 3.63) is 60.4 Å². The van der Waals surface area contributed by atoms with Gasteiger partial charge in [-0.3, -0.25) is 0 Å². The summed E-state index contributed by atoms with van der Waals surface area (Å²) in [6, 6.07) is 4.26. The van der Waals surface area contributed by atoms with Gasteiger partial charge in [0.1, 0.15) is 11.5 Å². The lowest BCUT2D eigenvalue weighted by molar-refractivity contribution is -0.142. The Balaban J connectivity index is 2.08. The van der Waals surface area contributed by atoms with Gasteiger partial charge in [-0.1, -0.05) is 30.8 Å². The molecule has 8 heteroatoms. The number of piperidine rings is 1. The van der Waals surface area contributed by atoms with Crippen LogP contribution in [0.3, 0.4) is 0 Å². The zero-order chi connectivity index (χ0) is 22.7. The van der Waals surface area contributed by atoms with Crippen LogP contribution < -0.4 is 10.1 Å². The fraction of sp³-hybridized carbons (Fsp3) is 0.435. The Morgan fingerprint density at radius 1 is 1.19 bits per heavy atom. The second-order valence-corrected chi connectivity index (χ2v) is 10.8. The number of carbonyl (C=O) groups is 1. The minimum Gasteiger partial charge on any atom is -0.495 e. The normalized spacial score (nSPS) is 23.4. The van der Waals surface area contributed by atoms with Crippen LogP contribution in [0.15, 0.2) is 60.2 Å². The van der Waals surface area contributed by atoms with Crippen LogP contribution in [0.2, 0.25) is 5.02 Å².